The maximum absolute atomic E-state index is 13.3. The molecule has 31 heavy (non-hydrogen) atoms. The predicted molar refractivity (Wildman–Crippen MR) is 116 cm³/mol. The van der Waals surface area contributed by atoms with E-state index in [2.05, 4.69) is 4.98 Å². The molecule has 7 nitrogen and oxygen atoms in total. The van der Waals surface area contributed by atoms with Gasteiger partial charge in [-0.3, -0.25) is 9.59 Å². The van der Waals surface area contributed by atoms with E-state index in [0.29, 0.717) is 18.8 Å². The van der Waals surface area contributed by atoms with Crippen molar-refractivity contribution in [2.45, 2.75) is 25.4 Å². The first-order valence-electron chi connectivity index (χ1n) is 10.7. The number of aliphatic hydroxyl groups is 1. The highest BCUT2D eigenvalue weighted by molar-refractivity contribution is 5.97. The van der Waals surface area contributed by atoms with E-state index in [0.717, 1.165) is 27.7 Å². The third kappa shape index (κ3) is 3.08. The summed E-state index contributed by atoms with van der Waals surface area (Å²) in [4.78, 5) is 33.4. The zero-order valence-corrected chi connectivity index (χ0v) is 17.4. The molecule has 2 unspecified atom stereocenters. The number of carbonyl (C=O) groups is 2. The molecule has 2 aromatic carbocycles. The number of amides is 2. The number of nitrogens with one attached hydrogen (secondary N) is 1. The van der Waals surface area contributed by atoms with E-state index >= 15 is 0 Å². The van der Waals surface area contributed by atoms with E-state index in [1.165, 1.54) is 4.90 Å². The summed E-state index contributed by atoms with van der Waals surface area (Å²) in [6.45, 7) is 2.40. The number of para-hydroxylation sites is 2. The topological polar surface area (TPSA) is 85.9 Å². The molecule has 0 radical (unpaired) electrons. The maximum atomic E-state index is 13.3. The van der Waals surface area contributed by atoms with Gasteiger partial charge in [-0.15, -0.1) is 0 Å². The number of aromatic amines is 1. The van der Waals surface area contributed by atoms with E-state index < -0.39 is 12.1 Å². The Bertz CT molecular complexity index is 1150. The minimum Gasteiger partial charge on any atom is -0.494 e. The second-order valence-corrected chi connectivity index (χ2v) is 7.94. The molecule has 2 aliphatic heterocycles. The molecule has 2 amide bonds. The van der Waals surface area contributed by atoms with Crippen LogP contribution in [0.25, 0.3) is 10.9 Å². The Kier molecular flexibility index (Phi) is 4.90. The highest BCUT2D eigenvalue weighted by atomic mass is 16.5. The molecule has 1 saturated heterocycles. The van der Waals surface area contributed by atoms with Gasteiger partial charge in [0.05, 0.1) is 19.8 Å². The van der Waals surface area contributed by atoms with Crippen LogP contribution in [-0.2, 0) is 16.0 Å². The zero-order valence-electron chi connectivity index (χ0n) is 17.4. The molecular formula is C24H25N3O4. The van der Waals surface area contributed by atoms with Crippen LogP contribution >= 0.6 is 0 Å². The summed E-state index contributed by atoms with van der Waals surface area (Å²) in [6.07, 6.45) is 0.444. The number of nitrogens with zero attached hydrogens (tertiary/aromatic N) is 2. The van der Waals surface area contributed by atoms with Gasteiger partial charge in [0.2, 0.25) is 11.8 Å². The Balaban J connectivity index is 1.72. The molecule has 0 spiro atoms. The third-order valence-corrected chi connectivity index (χ3v) is 6.23. The largest absolute Gasteiger partial charge is 0.494 e. The van der Waals surface area contributed by atoms with Gasteiger partial charge in [0.1, 0.15) is 17.8 Å². The maximum Gasteiger partial charge on any atom is 0.246 e. The molecule has 0 bridgehead atoms. The number of H-pyrrole nitrogens is 1. The van der Waals surface area contributed by atoms with E-state index in [4.69, 9.17) is 4.74 Å². The Labute approximate surface area is 180 Å². The minimum atomic E-state index is -0.612. The average molecular weight is 419 g/mol. The van der Waals surface area contributed by atoms with E-state index in [1.807, 2.05) is 55.5 Å². The van der Waals surface area contributed by atoms with Gasteiger partial charge in [0, 0.05) is 35.1 Å². The van der Waals surface area contributed by atoms with Crippen LogP contribution in [0.5, 0.6) is 5.75 Å². The van der Waals surface area contributed by atoms with Crippen molar-refractivity contribution in [1.29, 1.82) is 0 Å². The molecule has 3 heterocycles. The summed E-state index contributed by atoms with van der Waals surface area (Å²) in [5.74, 6) is 0.459. The number of benzene rings is 2. The van der Waals surface area contributed by atoms with Crippen molar-refractivity contribution >= 4 is 22.7 Å². The van der Waals surface area contributed by atoms with Crippen molar-refractivity contribution in [3.05, 3.63) is 65.4 Å². The molecule has 3 aromatic rings. The standard InChI is InChI=1S/C24H25N3O4/c1-2-31-20-10-6-4-8-16(20)23-22-17(15-7-3-5-9-18(15)25-22)13-19-24(30)26(11-12-28)14-21(29)27(19)23/h3-10,19,23,25,28H,2,11-14H2,1H3. The van der Waals surface area contributed by atoms with Crippen LogP contribution in [0.15, 0.2) is 48.5 Å². The second-order valence-electron chi connectivity index (χ2n) is 7.94. The monoisotopic (exact) mass is 419 g/mol. The number of aromatic nitrogens is 1. The highest BCUT2D eigenvalue weighted by Gasteiger charge is 2.48. The van der Waals surface area contributed by atoms with Gasteiger partial charge in [-0.2, -0.15) is 0 Å². The number of fused-ring (bicyclic) bond motifs is 4. The lowest BCUT2D eigenvalue weighted by Gasteiger charge is -2.47. The second kappa shape index (κ2) is 7.74. The van der Waals surface area contributed by atoms with Crippen molar-refractivity contribution in [2.75, 3.05) is 26.3 Å². The number of aliphatic hydroxyl groups excluding tert-OH is 1. The molecule has 0 aliphatic carbocycles. The number of ether oxygens (including phenoxy) is 1. The van der Waals surface area contributed by atoms with Gasteiger partial charge in [0.15, 0.2) is 0 Å². The van der Waals surface area contributed by atoms with Gasteiger partial charge in [-0.1, -0.05) is 36.4 Å². The summed E-state index contributed by atoms with van der Waals surface area (Å²) < 4.78 is 5.90. The highest BCUT2D eigenvalue weighted by Crippen LogP contribution is 2.44. The number of piperazine rings is 1. The van der Waals surface area contributed by atoms with Crippen LogP contribution in [0.3, 0.4) is 0 Å². The first-order valence-corrected chi connectivity index (χ1v) is 10.7. The summed E-state index contributed by atoms with van der Waals surface area (Å²) >= 11 is 0. The smallest absolute Gasteiger partial charge is 0.246 e. The van der Waals surface area contributed by atoms with Crippen LogP contribution in [-0.4, -0.2) is 64.0 Å². The average Bonchev–Trinajstić information content (AvgIpc) is 3.15. The fourth-order valence-electron chi connectivity index (χ4n) is 4.95. The fraction of sp³-hybridized carbons (Fsp3) is 0.333. The summed E-state index contributed by atoms with van der Waals surface area (Å²) in [7, 11) is 0. The van der Waals surface area contributed by atoms with E-state index in [9.17, 15) is 14.7 Å². The number of hydrogen-bond donors (Lipinski definition) is 2. The van der Waals surface area contributed by atoms with Crippen LogP contribution in [0.4, 0.5) is 0 Å². The first kappa shape index (κ1) is 19.6. The number of β-amino-alcohol motifs (C(OH)–C–C–N with tert-alkyl or cyclic N) is 1. The Hall–Kier alpha value is -3.32. The zero-order chi connectivity index (χ0) is 21.5. The molecule has 7 heteroatoms. The minimum absolute atomic E-state index is 0.0290. The molecule has 2 N–H and O–H groups in total. The van der Waals surface area contributed by atoms with Gasteiger partial charge in [0.25, 0.3) is 0 Å². The normalized spacial score (nSPS) is 20.7. The van der Waals surface area contributed by atoms with Gasteiger partial charge in [-0.25, -0.2) is 0 Å². The summed E-state index contributed by atoms with van der Waals surface area (Å²) in [5.41, 5.74) is 3.83. The van der Waals surface area contributed by atoms with Gasteiger partial charge in [-0.05, 0) is 24.6 Å². The first-order chi connectivity index (χ1) is 15.1. The number of hydrogen-bond acceptors (Lipinski definition) is 4. The van der Waals surface area contributed by atoms with Crippen LogP contribution in [0, 0.1) is 0 Å². The molecule has 1 fully saturated rings. The lowest BCUT2D eigenvalue weighted by Crippen LogP contribution is -2.63. The molecule has 160 valence electrons. The third-order valence-electron chi connectivity index (χ3n) is 6.23. The summed E-state index contributed by atoms with van der Waals surface area (Å²) in [6, 6.07) is 14.7. The van der Waals surface area contributed by atoms with Crippen LogP contribution in [0.2, 0.25) is 0 Å². The molecule has 5 rings (SSSR count). The van der Waals surface area contributed by atoms with E-state index in [-0.39, 0.29) is 31.5 Å². The van der Waals surface area contributed by atoms with Crippen molar-refractivity contribution in [3.63, 3.8) is 0 Å². The lowest BCUT2D eigenvalue weighted by atomic mass is 9.86. The van der Waals surface area contributed by atoms with Crippen molar-refractivity contribution in [3.8, 4) is 5.75 Å². The molecule has 0 saturated carbocycles. The van der Waals surface area contributed by atoms with Gasteiger partial charge < -0.3 is 24.6 Å². The van der Waals surface area contributed by atoms with Gasteiger partial charge >= 0.3 is 0 Å². The fourth-order valence-corrected chi connectivity index (χ4v) is 4.95. The Morgan fingerprint density at radius 3 is 2.71 bits per heavy atom. The Morgan fingerprint density at radius 2 is 1.90 bits per heavy atom. The van der Waals surface area contributed by atoms with Crippen LogP contribution < -0.4 is 4.74 Å². The SMILES string of the molecule is CCOc1ccccc1C1c2[nH]c3ccccc3c2CC2C(=O)N(CCO)CC(=O)N21. The van der Waals surface area contributed by atoms with Crippen molar-refractivity contribution < 1.29 is 19.4 Å². The number of carbonyl (C=O) groups excluding carboxylic acids is 2. The number of rotatable bonds is 5. The molecular weight excluding hydrogens is 394 g/mol. The lowest BCUT2D eigenvalue weighted by molar-refractivity contribution is -0.159. The van der Waals surface area contributed by atoms with Crippen molar-refractivity contribution in [1.82, 2.24) is 14.8 Å². The Morgan fingerprint density at radius 1 is 1.13 bits per heavy atom. The molecule has 2 atom stereocenters. The quantitative estimate of drug-likeness (QED) is 0.664. The predicted octanol–water partition coefficient (Wildman–Crippen LogP) is 2.24. The van der Waals surface area contributed by atoms with E-state index in [1.54, 1.807) is 4.90 Å². The molecule has 1 aromatic heterocycles. The molecule has 2 aliphatic rings. The summed E-state index contributed by atoms with van der Waals surface area (Å²) in [5, 5.41) is 10.4. The van der Waals surface area contributed by atoms with Crippen LogP contribution in [0.1, 0.15) is 29.8 Å². The van der Waals surface area contributed by atoms with Crippen molar-refractivity contribution in [2.24, 2.45) is 0 Å².